The average molecular weight is 345 g/mol. The van der Waals surface area contributed by atoms with Crippen LogP contribution in [-0.2, 0) is 35.8 Å². The molecule has 0 bridgehead atoms. The average Bonchev–Trinajstić information content (AvgIpc) is 3.19. The van der Waals surface area contributed by atoms with Gasteiger partial charge in [0.1, 0.15) is 0 Å². The van der Waals surface area contributed by atoms with Gasteiger partial charge in [0, 0.05) is 19.0 Å². The normalized spacial score (nSPS) is 18.0. The van der Waals surface area contributed by atoms with Gasteiger partial charge in [-0.05, 0) is 56.4 Å². The third-order valence-electron chi connectivity index (χ3n) is 5.17. The van der Waals surface area contributed by atoms with Gasteiger partial charge in [-0.15, -0.1) is 0 Å². The number of rotatable bonds is 3. The Morgan fingerprint density at radius 1 is 1.12 bits per heavy atom. The Kier molecular flexibility index (Phi) is 3.77. The summed E-state index contributed by atoms with van der Waals surface area (Å²) < 4.78 is 29.9. The molecule has 1 aliphatic heterocycles. The van der Waals surface area contributed by atoms with Crippen LogP contribution in [0.15, 0.2) is 29.4 Å². The number of hydrogen-bond donors (Lipinski definition) is 0. The molecule has 0 atom stereocenters. The Morgan fingerprint density at radius 3 is 2.71 bits per heavy atom. The van der Waals surface area contributed by atoms with Crippen molar-refractivity contribution in [2.24, 2.45) is 0 Å². The summed E-state index contributed by atoms with van der Waals surface area (Å²) in [5, 5.41) is 0. The molecule has 0 N–H and O–H groups in total. The van der Waals surface area contributed by atoms with E-state index in [0.29, 0.717) is 24.4 Å². The minimum Gasteiger partial charge on any atom is -0.331 e. The Morgan fingerprint density at radius 2 is 1.92 bits per heavy atom. The molecule has 1 aromatic carbocycles. The first-order chi connectivity index (χ1) is 11.5. The molecule has 5 nitrogen and oxygen atoms in total. The smallest absolute Gasteiger partial charge is 0.243 e. The number of hydrogen-bond acceptors (Lipinski definition) is 3. The van der Waals surface area contributed by atoms with Crippen LogP contribution in [0.2, 0.25) is 0 Å². The molecule has 0 radical (unpaired) electrons. The molecule has 24 heavy (non-hydrogen) atoms. The zero-order valence-corrected chi connectivity index (χ0v) is 15.0. The molecule has 0 unspecified atom stereocenters. The predicted octanol–water partition coefficient (Wildman–Crippen LogP) is 2.70. The van der Waals surface area contributed by atoms with Crippen molar-refractivity contribution >= 4 is 10.0 Å². The van der Waals surface area contributed by atoms with Crippen molar-refractivity contribution in [2.45, 2.75) is 57.0 Å². The summed E-state index contributed by atoms with van der Waals surface area (Å²) >= 11 is 0. The zero-order chi connectivity index (χ0) is 16.9. The van der Waals surface area contributed by atoms with E-state index in [4.69, 9.17) is 0 Å². The Labute approximate surface area is 143 Å². The SMILES string of the molecule is CC(C)n1cnc2c1CN(S(=O)(=O)c1ccc3c(c1)CCC3)CC2. The molecule has 2 heterocycles. The molecule has 2 aromatic rings. The van der Waals surface area contributed by atoms with Gasteiger partial charge in [0.15, 0.2) is 0 Å². The Hall–Kier alpha value is -1.66. The second kappa shape index (κ2) is 5.70. The van der Waals surface area contributed by atoms with Crippen molar-refractivity contribution in [1.29, 1.82) is 0 Å². The van der Waals surface area contributed by atoms with Crippen LogP contribution in [0.5, 0.6) is 0 Å². The van der Waals surface area contributed by atoms with Crippen molar-refractivity contribution in [3.63, 3.8) is 0 Å². The summed E-state index contributed by atoms with van der Waals surface area (Å²) in [6.45, 7) is 5.10. The van der Waals surface area contributed by atoms with E-state index in [1.807, 2.05) is 18.5 Å². The number of benzene rings is 1. The third kappa shape index (κ3) is 2.48. The van der Waals surface area contributed by atoms with Gasteiger partial charge in [-0.2, -0.15) is 4.31 Å². The Balaban J connectivity index is 1.67. The summed E-state index contributed by atoms with van der Waals surface area (Å²) in [6.07, 6.45) is 5.69. The molecule has 1 aromatic heterocycles. The molecular weight excluding hydrogens is 322 g/mol. The molecule has 1 aliphatic carbocycles. The van der Waals surface area contributed by atoms with Gasteiger partial charge in [0.05, 0.1) is 29.2 Å². The fourth-order valence-electron chi connectivity index (χ4n) is 3.79. The van der Waals surface area contributed by atoms with Crippen LogP contribution in [-0.4, -0.2) is 28.8 Å². The molecule has 4 rings (SSSR count). The topological polar surface area (TPSA) is 55.2 Å². The molecule has 0 saturated heterocycles. The maximum absolute atomic E-state index is 13.1. The minimum atomic E-state index is -3.45. The fourth-order valence-corrected chi connectivity index (χ4v) is 5.24. The van der Waals surface area contributed by atoms with Crippen LogP contribution >= 0.6 is 0 Å². The minimum absolute atomic E-state index is 0.281. The van der Waals surface area contributed by atoms with Gasteiger partial charge in [0.25, 0.3) is 0 Å². The van der Waals surface area contributed by atoms with Crippen molar-refractivity contribution in [3.05, 3.63) is 47.0 Å². The van der Waals surface area contributed by atoms with Crippen LogP contribution in [0.4, 0.5) is 0 Å². The molecule has 128 valence electrons. The first kappa shape index (κ1) is 15.8. The van der Waals surface area contributed by atoms with Crippen LogP contribution in [0.1, 0.15) is 48.8 Å². The highest BCUT2D eigenvalue weighted by atomic mass is 32.2. The van der Waals surface area contributed by atoms with Crippen molar-refractivity contribution in [2.75, 3.05) is 6.54 Å². The van der Waals surface area contributed by atoms with E-state index in [0.717, 1.165) is 30.7 Å². The molecule has 2 aliphatic rings. The monoisotopic (exact) mass is 345 g/mol. The van der Waals surface area contributed by atoms with Gasteiger partial charge in [-0.3, -0.25) is 0 Å². The molecule has 6 heteroatoms. The van der Waals surface area contributed by atoms with E-state index in [-0.39, 0.29) is 6.04 Å². The summed E-state index contributed by atoms with van der Waals surface area (Å²) in [7, 11) is -3.45. The lowest BCUT2D eigenvalue weighted by molar-refractivity contribution is 0.372. The third-order valence-corrected chi connectivity index (χ3v) is 7.01. The molecule has 0 saturated carbocycles. The van der Waals surface area contributed by atoms with Crippen molar-refractivity contribution in [1.82, 2.24) is 13.9 Å². The van der Waals surface area contributed by atoms with E-state index in [1.54, 1.807) is 10.4 Å². The summed E-state index contributed by atoms with van der Waals surface area (Å²) in [4.78, 5) is 4.89. The predicted molar refractivity (Wildman–Crippen MR) is 92.4 cm³/mol. The molecule has 0 fully saturated rings. The lowest BCUT2D eigenvalue weighted by Gasteiger charge is -2.27. The van der Waals surface area contributed by atoms with Crippen LogP contribution < -0.4 is 0 Å². The Bertz CT molecular complexity index is 884. The van der Waals surface area contributed by atoms with Gasteiger partial charge in [-0.25, -0.2) is 13.4 Å². The van der Waals surface area contributed by atoms with Crippen LogP contribution in [0.25, 0.3) is 0 Å². The highest BCUT2D eigenvalue weighted by Gasteiger charge is 2.31. The van der Waals surface area contributed by atoms with E-state index in [1.165, 1.54) is 11.1 Å². The number of fused-ring (bicyclic) bond motifs is 2. The number of imidazole rings is 1. The van der Waals surface area contributed by atoms with Crippen LogP contribution in [0, 0.1) is 0 Å². The van der Waals surface area contributed by atoms with Crippen molar-refractivity contribution < 1.29 is 8.42 Å². The van der Waals surface area contributed by atoms with Crippen LogP contribution in [0.3, 0.4) is 0 Å². The highest BCUT2D eigenvalue weighted by Crippen LogP contribution is 2.29. The van der Waals surface area contributed by atoms with E-state index in [2.05, 4.69) is 23.4 Å². The quantitative estimate of drug-likeness (QED) is 0.859. The molecular formula is C18H23N3O2S. The summed E-state index contributed by atoms with van der Waals surface area (Å²) in [6, 6.07) is 5.92. The molecule has 0 spiro atoms. The van der Waals surface area contributed by atoms with E-state index in [9.17, 15) is 8.42 Å². The maximum atomic E-state index is 13.1. The highest BCUT2D eigenvalue weighted by molar-refractivity contribution is 7.89. The number of aryl methyl sites for hydroxylation is 2. The van der Waals surface area contributed by atoms with Gasteiger partial charge < -0.3 is 4.57 Å². The van der Waals surface area contributed by atoms with Gasteiger partial charge in [-0.1, -0.05) is 6.07 Å². The second-order valence-electron chi connectivity index (χ2n) is 7.01. The maximum Gasteiger partial charge on any atom is 0.243 e. The first-order valence-electron chi connectivity index (χ1n) is 8.63. The standard InChI is InChI=1S/C18H23N3O2S/c1-13(2)21-12-19-17-8-9-20(11-18(17)21)24(22,23)16-7-6-14-4-3-5-15(14)10-16/h6-7,10,12-13H,3-5,8-9,11H2,1-2H3. The number of aromatic nitrogens is 2. The summed E-state index contributed by atoms with van der Waals surface area (Å²) in [5.41, 5.74) is 4.55. The van der Waals surface area contributed by atoms with E-state index >= 15 is 0 Å². The lowest BCUT2D eigenvalue weighted by atomic mass is 10.1. The number of nitrogens with zero attached hydrogens (tertiary/aromatic N) is 3. The lowest BCUT2D eigenvalue weighted by Crippen LogP contribution is -2.37. The largest absolute Gasteiger partial charge is 0.331 e. The zero-order valence-electron chi connectivity index (χ0n) is 14.2. The summed E-state index contributed by atoms with van der Waals surface area (Å²) in [5.74, 6) is 0. The van der Waals surface area contributed by atoms with Gasteiger partial charge in [0.2, 0.25) is 10.0 Å². The first-order valence-corrected chi connectivity index (χ1v) is 10.1. The molecule has 0 amide bonds. The van der Waals surface area contributed by atoms with Crippen molar-refractivity contribution in [3.8, 4) is 0 Å². The van der Waals surface area contributed by atoms with E-state index < -0.39 is 10.0 Å². The number of sulfonamides is 1. The van der Waals surface area contributed by atoms with Gasteiger partial charge >= 0.3 is 0 Å². The second-order valence-corrected chi connectivity index (χ2v) is 8.95. The fraction of sp³-hybridized carbons (Fsp3) is 0.500.